The van der Waals surface area contributed by atoms with E-state index in [9.17, 15) is 0 Å². The van der Waals surface area contributed by atoms with E-state index in [-0.39, 0.29) is 0 Å². The Morgan fingerprint density at radius 1 is 0.792 bits per heavy atom. The lowest BCUT2D eigenvalue weighted by Gasteiger charge is -2.10. The molecular formula is C21H22NO2+. The third kappa shape index (κ3) is 3.40. The molecule has 0 fully saturated rings. The standard InChI is InChI=1S/C21H22NO2/c1-16-13-19(18-9-10-20(23-2)21(14-18)24-3)11-12-22(16)15-17-7-5-4-6-8-17/h4-14H,15H2,1-3H3/q+1. The van der Waals surface area contributed by atoms with E-state index in [1.54, 1.807) is 14.2 Å². The predicted molar refractivity (Wildman–Crippen MR) is 95.5 cm³/mol. The molecule has 0 spiro atoms. The normalized spacial score (nSPS) is 10.5. The van der Waals surface area contributed by atoms with Gasteiger partial charge in [0.05, 0.1) is 14.2 Å². The zero-order chi connectivity index (χ0) is 16.9. The molecule has 2 aromatic carbocycles. The number of nitrogens with zero attached hydrogens (tertiary/aromatic N) is 1. The van der Waals surface area contributed by atoms with Crippen LogP contribution in [0.5, 0.6) is 11.5 Å². The molecule has 0 unspecified atom stereocenters. The van der Waals surface area contributed by atoms with Gasteiger partial charge in [-0.1, -0.05) is 36.4 Å². The summed E-state index contributed by atoms with van der Waals surface area (Å²) in [6, 6.07) is 20.8. The molecule has 0 saturated carbocycles. The molecule has 0 aliphatic rings. The van der Waals surface area contributed by atoms with E-state index >= 15 is 0 Å². The highest BCUT2D eigenvalue weighted by Crippen LogP contribution is 2.32. The average Bonchev–Trinajstić information content (AvgIpc) is 2.63. The fraction of sp³-hybridized carbons (Fsp3) is 0.190. The molecule has 0 amide bonds. The van der Waals surface area contributed by atoms with Crippen molar-refractivity contribution in [2.24, 2.45) is 0 Å². The van der Waals surface area contributed by atoms with E-state index in [1.807, 2.05) is 18.2 Å². The Kier molecular flexibility index (Phi) is 4.80. The van der Waals surface area contributed by atoms with Gasteiger partial charge in [-0.25, -0.2) is 0 Å². The van der Waals surface area contributed by atoms with Gasteiger partial charge >= 0.3 is 0 Å². The first-order valence-corrected chi connectivity index (χ1v) is 7.97. The molecule has 0 aliphatic heterocycles. The second-order valence-electron chi connectivity index (χ2n) is 5.74. The maximum Gasteiger partial charge on any atom is 0.179 e. The van der Waals surface area contributed by atoms with Crippen LogP contribution in [0.25, 0.3) is 11.1 Å². The molecule has 3 rings (SSSR count). The molecule has 0 saturated heterocycles. The van der Waals surface area contributed by atoms with Crippen molar-refractivity contribution in [2.45, 2.75) is 13.5 Å². The molecule has 0 aliphatic carbocycles. The summed E-state index contributed by atoms with van der Waals surface area (Å²) in [6.07, 6.45) is 2.13. The summed E-state index contributed by atoms with van der Waals surface area (Å²) < 4.78 is 13.0. The maximum absolute atomic E-state index is 5.40. The smallest absolute Gasteiger partial charge is 0.179 e. The molecule has 3 nitrogen and oxygen atoms in total. The van der Waals surface area contributed by atoms with Crippen molar-refractivity contribution in [3.8, 4) is 22.6 Å². The number of hydrogen-bond acceptors (Lipinski definition) is 2. The Morgan fingerprint density at radius 2 is 1.50 bits per heavy atom. The van der Waals surface area contributed by atoms with Crippen LogP contribution >= 0.6 is 0 Å². The van der Waals surface area contributed by atoms with E-state index in [2.05, 4.69) is 60.2 Å². The van der Waals surface area contributed by atoms with Gasteiger partial charge in [0.25, 0.3) is 0 Å². The fourth-order valence-corrected chi connectivity index (χ4v) is 2.80. The molecular weight excluding hydrogens is 298 g/mol. The van der Waals surface area contributed by atoms with Crippen molar-refractivity contribution >= 4 is 0 Å². The van der Waals surface area contributed by atoms with Crippen LogP contribution in [0.3, 0.4) is 0 Å². The van der Waals surface area contributed by atoms with Gasteiger partial charge in [-0.05, 0) is 23.3 Å². The van der Waals surface area contributed by atoms with Crippen LogP contribution in [0, 0.1) is 6.92 Å². The number of rotatable bonds is 5. The zero-order valence-electron chi connectivity index (χ0n) is 14.3. The Hall–Kier alpha value is -2.81. The number of ether oxygens (including phenoxy) is 2. The van der Waals surface area contributed by atoms with E-state index in [4.69, 9.17) is 9.47 Å². The molecule has 24 heavy (non-hydrogen) atoms. The van der Waals surface area contributed by atoms with Crippen molar-refractivity contribution < 1.29 is 14.0 Å². The Balaban J connectivity index is 1.89. The number of hydrogen-bond donors (Lipinski definition) is 0. The molecule has 0 N–H and O–H groups in total. The number of methoxy groups -OCH3 is 2. The second kappa shape index (κ2) is 7.18. The van der Waals surface area contributed by atoms with Crippen molar-refractivity contribution in [2.75, 3.05) is 14.2 Å². The summed E-state index contributed by atoms with van der Waals surface area (Å²) in [4.78, 5) is 0. The lowest BCUT2D eigenvalue weighted by Crippen LogP contribution is -2.37. The highest BCUT2D eigenvalue weighted by atomic mass is 16.5. The molecule has 3 heteroatoms. The molecule has 0 radical (unpaired) electrons. The summed E-state index contributed by atoms with van der Waals surface area (Å²) in [6.45, 7) is 3.01. The molecule has 1 heterocycles. The van der Waals surface area contributed by atoms with Gasteiger partial charge in [-0.3, -0.25) is 0 Å². The lowest BCUT2D eigenvalue weighted by molar-refractivity contribution is -0.694. The highest BCUT2D eigenvalue weighted by molar-refractivity contribution is 5.66. The Labute approximate surface area is 143 Å². The fourth-order valence-electron chi connectivity index (χ4n) is 2.80. The SMILES string of the molecule is COc1ccc(-c2cc[n+](Cc3ccccc3)c(C)c2)cc1OC. The van der Waals surface area contributed by atoms with Crippen LogP contribution in [0.15, 0.2) is 66.9 Å². The summed E-state index contributed by atoms with van der Waals surface area (Å²) in [5.74, 6) is 1.49. The van der Waals surface area contributed by atoms with E-state index in [0.717, 1.165) is 29.2 Å². The molecule has 122 valence electrons. The van der Waals surface area contributed by atoms with Crippen LogP contribution in [-0.4, -0.2) is 14.2 Å². The zero-order valence-corrected chi connectivity index (χ0v) is 14.3. The summed E-state index contributed by atoms with van der Waals surface area (Å²) in [5, 5.41) is 0. The third-order valence-electron chi connectivity index (χ3n) is 4.16. The Bertz CT molecular complexity index is 828. The third-order valence-corrected chi connectivity index (χ3v) is 4.16. The van der Waals surface area contributed by atoms with Gasteiger partial charge in [0, 0.05) is 24.6 Å². The van der Waals surface area contributed by atoms with Crippen LogP contribution < -0.4 is 14.0 Å². The Morgan fingerprint density at radius 3 is 2.17 bits per heavy atom. The van der Waals surface area contributed by atoms with E-state index < -0.39 is 0 Å². The summed E-state index contributed by atoms with van der Waals surface area (Å²) in [5.41, 5.74) is 4.79. The second-order valence-corrected chi connectivity index (χ2v) is 5.74. The van der Waals surface area contributed by atoms with Crippen molar-refractivity contribution in [1.82, 2.24) is 0 Å². The number of pyridine rings is 1. The number of aryl methyl sites for hydroxylation is 1. The molecule has 3 aromatic rings. The van der Waals surface area contributed by atoms with Crippen LogP contribution in [0.4, 0.5) is 0 Å². The first kappa shape index (κ1) is 16.1. The van der Waals surface area contributed by atoms with E-state index in [0.29, 0.717) is 0 Å². The van der Waals surface area contributed by atoms with Crippen molar-refractivity contribution in [1.29, 1.82) is 0 Å². The highest BCUT2D eigenvalue weighted by Gasteiger charge is 2.11. The minimum Gasteiger partial charge on any atom is -0.493 e. The predicted octanol–water partition coefficient (Wildman–Crippen LogP) is 4.02. The topological polar surface area (TPSA) is 22.3 Å². The van der Waals surface area contributed by atoms with Crippen molar-refractivity contribution in [3.05, 3.63) is 78.1 Å². The van der Waals surface area contributed by atoms with Gasteiger partial charge in [-0.15, -0.1) is 0 Å². The maximum atomic E-state index is 5.40. The number of benzene rings is 2. The van der Waals surface area contributed by atoms with E-state index in [1.165, 1.54) is 11.3 Å². The average molecular weight is 320 g/mol. The van der Waals surface area contributed by atoms with Gasteiger partial charge in [0.15, 0.2) is 29.9 Å². The summed E-state index contributed by atoms with van der Waals surface area (Å²) >= 11 is 0. The molecule has 0 atom stereocenters. The minimum absolute atomic E-state index is 0.744. The lowest BCUT2D eigenvalue weighted by atomic mass is 10.1. The minimum atomic E-state index is 0.744. The quantitative estimate of drug-likeness (QED) is 0.663. The van der Waals surface area contributed by atoms with Crippen molar-refractivity contribution in [3.63, 3.8) is 0 Å². The van der Waals surface area contributed by atoms with Gasteiger partial charge < -0.3 is 9.47 Å². The van der Waals surface area contributed by atoms with Gasteiger partial charge in [0.1, 0.15) is 0 Å². The van der Waals surface area contributed by atoms with Crippen LogP contribution in [0.1, 0.15) is 11.3 Å². The van der Waals surface area contributed by atoms with Gasteiger partial charge in [-0.2, -0.15) is 4.57 Å². The van der Waals surface area contributed by atoms with Crippen LogP contribution in [-0.2, 0) is 6.54 Å². The first-order chi connectivity index (χ1) is 11.7. The molecule has 0 bridgehead atoms. The monoisotopic (exact) mass is 320 g/mol. The number of aromatic nitrogens is 1. The summed E-state index contributed by atoms with van der Waals surface area (Å²) in [7, 11) is 3.31. The first-order valence-electron chi connectivity index (χ1n) is 7.97. The van der Waals surface area contributed by atoms with Gasteiger partial charge in [0.2, 0.25) is 0 Å². The van der Waals surface area contributed by atoms with Crippen LogP contribution in [0.2, 0.25) is 0 Å². The largest absolute Gasteiger partial charge is 0.493 e. The molecule has 1 aromatic heterocycles.